The first kappa shape index (κ1) is 14.9. The van der Waals surface area contributed by atoms with Gasteiger partial charge in [0.05, 0.1) is 6.61 Å². The van der Waals surface area contributed by atoms with Crippen LogP contribution in [0.5, 0.6) is 0 Å². The Morgan fingerprint density at radius 3 is 1.81 bits per heavy atom. The van der Waals surface area contributed by atoms with E-state index in [-0.39, 0.29) is 5.97 Å². The quantitative estimate of drug-likeness (QED) is 0.631. The molecule has 2 rings (SSSR count). The topological polar surface area (TPSA) is 78.3 Å². The van der Waals surface area contributed by atoms with Crippen LogP contribution in [0.1, 0.15) is 17.5 Å². The maximum Gasteiger partial charge on any atom is 0.306 e. The maximum atomic E-state index is 11.7. The third-order valence-electron chi connectivity index (χ3n) is 3.23. The Morgan fingerprint density at radius 2 is 1.29 bits per heavy atom. The van der Waals surface area contributed by atoms with Crippen LogP contribution in [0.15, 0.2) is 48.5 Å². The van der Waals surface area contributed by atoms with Crippen LogP contribution in [0.3, 0.4) is 0 Å². The lowest BCUT2D eigenvalue weighted by Crippen LogP contribution is -2.08. The van der Waals surface area contributed by atoms with Crippen molar-refractivity contribution in [2.75, 3.05) is 18.1 Å². The lowest BCUT2D eigenvalue weighted by Gasteiger charge is -2.06. The Kier molecular flexibility index (Phi) is 5.21. The lowest BCUT2D eigenvalue weighted by molar-refractivity contribution is -0.143. The van der Waals surface area contributed by atoms with Crippen molar-refractivity contribution in [3.8, 4) is 0 Å². The van der Waals surface area contributed by atoms with Gasteiger partial charge >= 0.3 is 5.97 Å². The van der Waals surface area contributed by atoms with Crippen molar-refractivity contribution in [3.05, 3.63) is 59.7 Å². The van der Waals surface area contributed by atoms with E-state index in [1.807, 2.05) is 48.5 Å². The molecule has 0 unspecified atom stereocenters. The van der Waals surface area contributed by atoms with E-state index < -0.39 is 0 Å². The number of aryl methyl sites for hydroxylation is 1. The summed E-state index contributed by atoms with van der Waals surface area (Å²) in [5.74, 6) is -0.178. The second-order valence-electron chi connectivity index (χ2n) is 4.95. The number of nitrogens with two attached hydrogens (primary N) is 2. The van der Waals surface area contributed by atoms with Gasteiger partial charge in [-0.25, -0.2) is 0 Å². The van der Waals surface area contributed by atoms with E-state index >= 15 is 0 Å². The Labute approximate surface area is 124 Å². The molecule has 0 aliphatic carbocycles. The van der Waals surface area contributed by atoms with Crippen LogP contribution in [0.4, 0.5) is 11.4 Å². The van der Waals surface area contributed by atoms with Crippen LogP contribution in [0, 0.1) is 0 Å². The third-order valence-corrected chi connectivity index (χ3v) is 3.23. The summed E-state index contributed by atoms with van der Waals surface area (Å²) in [7, 11) is 0. The van der Waals surface area contributed by atoms with Crippen LogP contribution in [0.25, 0.3) is 0 Å². The van der Waals surface area contributed by atoms with Crippen LogP contribution < -0.4 is 11.5 Å². The van der Waals surface area contributed by atoms with Crippen molar-refractivity contribution >= 4 is 17.3 Å². The van der Waals surface area contributed by atoms with Crippen molar-refractivity contribution in [1.82, 2.24) is 0 Å². The average Bonchev–Trinajstić information content (AvgIpc) is 2.49. The molecule has 0 aliphatic rings. The molecule has 4 nitrogen and oxygen atoms in total. The zero-order chi connectivity index (χ0) is 15.1. The molecule has 110 valence electrons. The van der Waals surface area contributed by atoms with Crippen LogP contribution in [0.2, 0.25) is 0 Å². The molecule has 0 saturated carbocycles. The second-order valence-corrected chi connectivity index (χ2v) is 4.95. The molecule has 0 spiro atoms. The molecule has 0 bridgehead atoms. The predicted molar refractivity (Wildman–Crippen MR) is 84.7 cm³/mol. The van der Waals surface area contributed by atoms with Gasteiger partial charge in [0.25, 0.3) is 0 Å². The number of hydrogen-bond donors (Lipinski definition) is 2. The van der Waals surface area contributed by atoms with Crippen LogP contribution >= 0.6 is 0 Å². The SMILES string of the molecule is Nc1ccc(CCOC(=O)CCc2ccc(N)cc2)cc1. The molecule has 0 heterocycles. The number of benzene rings is 2. The highest BCUT2D eigenvalue weighted by molar-refractivity contribution is 5.69. The fraction of sp³-hybridized carbons (Fsp3) is 0.235. The number of anilines is 2. The Bertz CT molecular complexity index is 577. The molecule has 21 heavy (non-hydrogen) atoms. The van der Waals surface area contributed by atoms with Crippen LogP contribution in [-0.2, 0) is 22.4 Å². The first-order valence-corrected chi connectivity index (χ1v) is 6.98. The molecule has 0 aromatic heterocycles. The van der Waals surface area contributed by atoms with Gasteiger partial charge in [-0.3, -0.25) is 4.79 Å². The Morgan fingerprint density at radius 1 is 0.810 bits per heavy atom. The van der Waals surface area contributed by atoms with Gasteiger partial charge in [0.15, 0.2) is 0 Å². The monoisotopic (exact) mass is 284 g/mol. The lowest BCUT2D eigenvalue weighted by atomic mass is 10.1. The number of rotatable bonds is 6. The molecule has 0 radical (unpaired) electrons. The fourth-order valence-corrected chi connectivity index (χ4v) is 1.97. The number of esters is 1. The van der Waals surface area contributed by atoms with E-state index in [1.54, 1.807) is 0 Å². The van der Waals surface area contributed by atoms with E-state index in [9.17, 15) is 4.79 Å². The smallest absolute Gasteiger partial charge is 0.306 e. The fourth-order valence-electron chi connectivity index (χ4n) is 1.97. The zero-order valence-electron chi connectivity index (χ0n) is 11.9. The minimum absolute atomic E-state index is 0.178. The Hall–Kier alpha value is -2.49. The van der Waals surface area contributed by atoms with Crippen molar-refractivity contribution in [2.24, 2.45) is 0 Å². The minimum atomic E-state index is -0.178. The summed E-state index contributed by atoms with van der Waals surface area (Å²) in [5, 5.41) is 0. The summed E-state index contributed by atoms with van der Waals surface area (Å²) < 4.78 is 5.23. The molecule has 0 aliphatic heterocycles. The van der Waals surface area contributed by atoms with Crippen molar-refractivity contribution in [1.29, 1.82) is 0 Å². The van der Waals surface area contributed by atoms with Gasteiger partial charge < -0.3 is 16.2 Å². The highest BCUT2D eigenvalue weighted by atomic mass is 16.5. The normalized spacial score (nSPS) is 10.3. The van der Waals surface area contributed by atoms with Crippen molar-refractivity contribution < 1.29 is 9.53 Å². The van der Waals surface area contributed by atoms with Gasteiger partial charge in [-0.05, 0) is 41.8 Å². The second kappa shape index (κ2) is 7.33. The van der Waals surface area contributed by atoms with E-state index in [0.29, 0.717) is 25.9 Å². The zero-order valence-corrected chi connectivity index (χ0v) is 11.9. The predicted octanol–water partition coefficient (Wildman–Crippen LogP) is 2.57. The van der Waals surface area contributed by atoms with Gasteiger partial charge in [0.2, 0.25) is 0 Å². The first-order valence-electron chi connectivity index (χ1n) is 6.98. The highest BCUT2D eigenvalue weighted by Gasteiger charge is 2.04. The molecular weight excluding hydrogens is 264 g/mol. The standard InChI is InChI=1S/C17H20N2O2/c18-15-6-1-13(2-7-15)5-10-17(20)21-12-11-14-3-8-16(19)9-4-14/h1-4,6-9H,5,10-12,18-19H2. The molecule has 2 aromatic carbocycles. The molecule has 2 aromatic rings. The largest absolute Gasteiger partial charge is 0.465 e. The summed E-state index contributed by atoms with van der Waals surface area (Å²) in [6.07, 6.45) is 1.75. The number of carbonyl (C=O) groups excluding carboxylic acids is 1. The van der Waals surface area contributed by atoms with Gasteiger partial charge in [-0.15, -0.1) is 0 Å². The third kappa shape index (κ3) is 5.18. The molecular formula is C17H20N2O2. The number of carbonyl (C=O) groups is 1. The summed E-state index contributed by atoms with van der Waals surface area (Å²) in [4.78, 5) is 11.7. The van der Waals surface area contributed by atoms with Crippen LogP contribution in [-0.4, -0.2) is 12.6 Å². The first-order chi connectivity index (χ1) is 10.1. The average molecular weight is 284 g/mol. The number of nitrogen functional groups attached to an aromatic ring is 2. The van der Waals surface area contributed by atoms with E-state index in [2.05, 4.69) is 0 Å². The molecule has 0 fully saturated rings. The van der Waals surface area contributed by atoms with E-state index in [4.69, 9.17) is 16.2 Å². The summed E-state index contributed by atoms with van der Waals surface area (Å²) in [6, 6.07) is 15.1. The van der Waals surface area contributed by atoms with Crippen molar-refractivity contribution in [2.45, 2.75) is 19.3 Å². The highest BCUT2D eigenvalue weighted by Crippen LogP contribution is 2.09. The summed E-state index contributed by atoms with van der Waals surface area (Å²) >= 11 is 0. The number of hydrogen-bond acceptors (Lipinski definition) is 4. The molecule has 0 amide bonds. The summed E-state index contributed by atoms with van der Waals surface area (Å²) in [5.41, 5.74) is 14.9. The molecule has 0 atom stereocenters. The van der Waals surface area contributed by atoms with Gasteiger partial charge in [-0.1, -0.05) is 24.3 Å². The van der Waals surface area contributed by atoms with Gasteiger partial charge in [-0.2, -0.15) is 0 Å². The number of ether oxygens (including phenoxy) is 1. The molecule has 4 heteroatoms. The molecule has 4 N–H and O–H groups in total. The van der Waals surface area contributed by atoms with Gasteiger partial charge in [0, 0.05) is 24.2 Å². The van der Waals surface area contributed by atoms with Crippen molar-refractivity contribution in [3.63, 3.8) is 0 Å². The maximum absolute atomic E-state index is 11.7. The van der Waals surface area contributed by atoms with E-state index in [1.165, 1.54) is 0 Å². The summed E-state index contributed by atoms with van der Waals surface area (Å²) in [6.45, 7) is 0.393. The van der Waals surface area contributed by atoms with Gasteiger partial charge in [0.1, 0.15) is 0 Å². The Balaban J connectivity index is 1.67. The van der Waals surface area contributed by atoms with E-state index in [0.717, 1.165) is 22.5 Å². The minimum Gasteiger partial charge on any atom is -0.465 e. The molecule has 0 saturated heterocycles.